The van der Waals surface area contributed by atoms with Crippen LogP contribution in [-0.2, 0) is 0 Å². The van der Waals surface area contributed by atoms with Crippen LogP contribution in [0.5, 0.6) is 0 Å². The van der Waals surface area contributed by atoms with Gasteiger partial charge in [-0.1, -0.05) is 37.3 Å². The minimum Gasteiger partial charge on any atom is -0.396 e. The van der Waals surface area contributed by atoms with E-state index in [1.54, 1.807) is 0 Å². The number of nitrogens with zero attached hydrogens (tertiary/aromatic N) is 1. The predicted molar refractivity (Wildman–Crippen MR) is 71.6 cm³/mol. The van der Waals surface area contributed by atoms with E-state index in [9.17, 15) is 4.79 Å². The second kappa shape index (κ2) is 6.12. The van der Waals surface area contributed by atoms with Gasteiger partial charge in [-0.05, 0) is 18.9 Å². The lowest BCUT2D eigenvalue weighted by Crippen LogP contribution is -2.30. The number of hydrogen-bond acceptors (Lipinski definition) is 3. The molecule has 3 heteroatoms. The third kappa shape index (κ3) is 3.18. The maximum atomic E-state index is 12.2. The van der Waals surface area contributed by atoms with Gasteiger partial charge in [0.15, 0.2) is 5.78 Å². The maximum absolute atomic E-state index is 12.2. The molecule has 1 aliphatic heterocycles. The highest BCUT2D eigenvalue weighted by atomic mass is 16.3. The number of rotatable bonds is 5. The Labute approximate surface area is 108 Å². The largest absolute Gasteiger partial charge is 0.396 e. The first-order valence-corrected chi connectivity index (χ1v) is 6.63. The van der Waals surface area contributed by atoms with Gasteiger partial charge in [-0.15, -0.1) is 0 Å². The van der Waals surface area contributed by atoms with Crippen LogP contribution in [0.3, 0.4) is 0 Å². The van der Waals surface area contributed by atoms with E-state index in [0.29, 0.717) is 5.92 Å². The number of benzene rings is 1. The number of Topliss-reactive ketones (excluding diaryl/α,β-unsaturated/α-hetero) is 1. The van der Waals surface area contributed by atoms with Crippen molar-refractivity contribution >= 4 is 5.78 Å². The molecule has 2 atom stereocenters. The third-order valence-electron chi connectivity index (χ3n) is 3.67. The summed E-state index contributed by atoms with van der Waals surface area (Å²) in [5.74, 6) is 0.622. The summed E-state index contributed by atoms with van der Waals surface area (Å²) in [6.07, 6.45) is 1.04. The fraction of sp³-hybridized carbons (Fsp3) is 0.533. The number of carbonyl (C=O) groups is 1. The molecule has 1 aromatic rings. The smallest absolute Gasteiger partial charge is 0.166 e. The van der Waals surface area contributed by atoms with Gasteiger partial charge in [-0.2, -0.15) is 0 Å². The standard InChI is InChI=1S/C15H21NO2/c1-12(9-16-8-7-13(10-16)11-17)15(18)14-5-3-2-4-6-14/h2-6,12-13,17H,7-11H2,1H3. The molecule has 1 saturated heterocycles. The summed E-state index contributed by atoms with van der Waals surface area (Å²) in [7, 11) is 0. The summed E-state index contributed by atoms with van der Waals surface area (Å²) in [6.45, 7) is 4.96. The molecular formula is C15H21NO2. The molecule has 0 aromatic heterocycles. The van der Waals surface area contributed by atoms with E-state index in [4.69, 9.17) is 5.11 Å². The van der Waals surface area contributed by atoms with Crippen molar-refractivity contribution in [2.24, 2.45) is 11.8 Å². The Bertz CT molecular complexity index is 391. The van der Waals surface area contributed by atoms with Crippen molar-refractivity contribution in [2.75, 3.05) is 26.2 Å². The van der Waals surface area contributed by atoms with Gasteiger partial charge in [0.25, 0.3) is 0 Å². The van der Waals surface area contributed by atoms with Crippen molar-refractivity contribution in [2.45, 2.75) is 13.3 Å². The van der Waals surface area contributed by atoms with Crippen LogP contribution in [0.4, 0.5) is 0 Å². The average Bonchev–Trinajstić information content (AvgIpc) is 2.86. The normalized spacial score (nSPS) is 22.0. The molecule has 1 heterocycles. The van der Waals surface area contributed by atoms with Gasteiger partial charge < -0.3 is 10.0 Å². The van der Waals surface area contributed by atoms with Gasteiger partial charge in [-0.3, -0.25) is 4.79 Å². The molecular weight excluding hydrogens is 226 g/mol. The van der Waals surface area contributed by atoms with E-state index in [0.717, 1.165) is 31.6 Å². The van der Waals surface area contributed by atoms with E-state index in [1.807, 2.05) is 37.3 Å². The topological polar surface area (TPSA) is 40.5 Å². The maximum Gasteiger partial charge on any atom is 0.166 e. The van der Waals surface area contributed by atoms with Crippen molar-refractivity contribution in [1.82, 2.24) is 4.90 Å². The Morgan fingerprint density at radius 3 is 2.78 bits per heavy atom. The second-order valence-electron chi connectivity index (χ2n) is 5.23. The first kappa shape index (κ1) is 13.2. The van der Waals surface area contributed by atoms with Gasteiger partial charge >= 0.3 is 0 Å². The van der Waals surface area contributed by atoms with E-state index >= 15 is 0 Å². The van der Waals surface area contributed by atoms with Crippen LogP contribution in [0.15, 0.2) is 30.3 Å². The van der Waals surface area contributed by atoms with E-state index in [1.165, 1.54) is 0 Å². The second-order valence-corrected chi connectivity index (χ2v) is 5.23. The lowest BCUT2D eigenvalue weighted by Gasteiger charge is -2.20. The Morgan fingerprint density at radius 2 is 2.17 bits per heavy atom. The van der Waals surface area contributed by atoms with Crippen LogP contribution in [0, 0.1) is 11.8 Å². The molecule has 18 heavy (non-hydrogen) atoms. The number of hydrogen-bond donors (Lipinski definition) is 1. The molecule has 3 nitrogen and oxygen atoms in total. The number of aliphatic hydroxyl groups excluding tert-OH is 1. The van der Waals surface area contributed by atoms with Gasteiger partial charge in [-0.25, -0.2) is 0 Å². The first-order valence-electron chi connectivity index (χ1n) is 6.63. The Balaban J connectivity index is 1.89. The highest BCUT2D eigenvalue weighted by Gasteiger charge is 2.25. The number of aliphatic hydroxyl groups is 1. The highest BCUT2D eigenvalue weighted by molar-refractivity contribution is 5.97. The zero-order chi connectivity index (χ0) is 13.0. The van der Waals surface area contributed by atoms with Crippen molar-refractivity contribution in [1.29, 1.82) is 0 Å². The molecule has 0 radical (unpaired) electrons. The Hall–Kier alpha value is -1.19. The molecule has 1 fully saturated rings. The van der Waals surface area contributed by atoms with Gasteiger partial charge in [0.05, 0.1) is 0 Å². The average molecular weight is 247 g/mol. The predicted octanol–water partition coefficient (Wildman–Crippen LogP) is 1.82. The summed E-state index contributed by atoms with van der Waals surface area (Å²) >= 11 is 0. The minimum absolute atomic E-state index is 0.0184. The van der Waals surface area contributed by atoms with Gasteiger partial charge in [0.2, 0.25) is 0 Å². The molecule has 98 valence electrons. The molecule has 0 aliphatic carbocycles. The first-order chi connectivity index (χ1) is 8.70. The fourth-order valence-corrected chi connectivity index (χ4v) is 2.58. The molecule has 0 spiro atoms. The fourth-order valence-electron chi connectivity index (χ4n) is 2.58. The van der Waals surface area contributed by atoms with Crippen LogP contribution in [0.1, 0.15) is 23.7 Å². The summed E-state index contributed by atoms with van der Waals surface area (Å²) in [6, 6.07) is 9.47. The van der Waals surface area contributed by atoms with Gasteiger partial charge in [0, 0.05) is 31.2 Å². The zero-order valence-electron chi connectivity index (χ0n) is 10.9. The number of likely N-dealkylation sites (tertiary alicyclic amines) is 1. The van der Waals surface area contributed by atoms with Crippen LogP contribution >= 0.6 is 0 Å². The molecule has 1 aromatic carbocycles. The van der Waals surface area contributed by atoms with Gasteiger partial charge in [0.1, 0.15) is 0 Å². The highest BCUT2D eigenvalue weighted by Crippen LogP contribution is 2.18. The number of carbonyl (C=O) groups excluding carboxylic acids is 1. The Morgan fingerprint density at radius 1 is 1.44 bits per heavy atom. The van der Waals surface area contributed by atoms with E-state index in [2.05, 4.69) is 4.90 Å². The van der Waals surface area contributed by atoms with Crippen molar-refractivity contribution in [3.05, 3.63) is 35.9 Å². The van der Waals surface area contributed by atoms with Crippen LogP contribution in [0.25, 0.3) is 0 Å². The summed E-state index contributed by atoms with van der Waals surface area (Å²) < 4.78 is 0. The van der Waals surface area contributed by atoms with Crippen molar-refractivity contribution in [3.63, 3.8) is 0 Å². The summed E-state index contributed by atoms with van der Waals surface area (Å²) in [5.41, 5.74) is 0.794. The number of ketones is 1. The molecule has 2 unspecified atom stereocenters. The summed E-state index contributed by atoms with van der Waals surface area (Å²) in [5, 5.41) is 9.11. The Kier molecular flexibility index (Phi) is 4.50. The molecule has 0 saturated carbocycles. The van der Waals surface area contributed by atoms with Crippen LogP contribution < -0.4 is 0 Å². The summed E-state index contributed by atoms with van der Waals surface area (Å²) in [4.78, 5) is 14.5. The molecule has 0 amide bonds. The molecule has 2 rings (SSSR count). The lowest BCUT2D eigenvalue weighted by molar-refractivity contribution is 0.0900. The molecule has 1 N–H and O–H groups in total. The van der Waals surface area contributed by atoms with Crippen molar-refractivity contribution in [3.8, 4) is 0 Å². The monoisotopic (exact) mass is 247 g/mol. The lowest BCUT2D eigenvalue weighted by atomic mass is 9.99. The zero-order valence-corrected chi connectivity index (χ0v) is 10.9. The van der Waals surface area contributed by atoms with Crippen LogP contribution in [0.2, 0.25) is 0 Å². The van der Waals surface area contributed by atoms with E-state index in [-0.39, 0.29) is 18.3 Å². The quantitative estimate of drug-likeness (QED) is 0.807. The minimum atomic E-state index is 0.0184. The SMILES string of the molecule is CC(CN1CCC(CO)C1)C(=O)c1ccccc1. The van der Waals surface area contributed by atoms with Crippen molar-refractivity contribution < 1.29 is 9.90 Å². The van der Waals surface area contributed by atoms with E-state index < -0.39 is 0 Å². The third-order valence-corrected chi connectivity index (χ3v) is 3.67. The molecule has 1 aliphatic rings. The molecule has 0 bridgehead atoms. The van der Waals surface area contributed by atoms with Crippen LogP contribution in [-0.4, -0.2) is 42.0 Å².